The average molecular weight is 240 g/mol. The zero-order chi connectivity index (χ0) is 11.4. The third kappa shape index (κ3) is 2.75. The molecular weight excluding hydrogens is 228 g/mol. The lowest BCUT2D eigenvalue weighted by molar-refractivity contribution is -0.116. The van der Waals surface area contributed by atoms with Gasteiger partial charge >= 0.3 is 0 Å². The maximum atomic E-state index is 11.5. The molecule has 2 rings (SSSR count). The summed E-state index contributed by atoms with van der Waals surface area (Å²) in [6.07, 6.45) is 1.88. The Bertz CT molecular complexity index is 379. The number of hydrogen-bond acceptors (Lipinski definition) is 4. The van der Waals surface area contributed by atoms with E-state index in [0.717, 1.165) is 12.3 Å². The highest BCUT2D eigenvalue weighted by molar-refractivity contribution is 8.13. The van der Waals surface area contributed by atoms with Crippen LogP contribution in [0, 0.1) is 0 Å². The van der Waals surface area contributed by atoms with Gasteiger partial charge in [0.05, 0.1) is 6.20 Å². The van der Waals surface area contributed by atoms with E-state index in [1.54, 1.807) is 17.2 Å². The monoisotopic (exact) mass is 240 g/mol. The van der Waals surface area contributed by atoms with Crippen molar-refractivity contribution in [2.75, 3.05) is 24.2 Å². The standard InChI is InChI=1S/C9H12N4O2S/c14-8(11-7-1-3-10-12-7)2-4-13-5-6-16-9(13)15/h1,3H,2,4-6H2,(H2,10,11,12,14). The van der Waals surface area contributed by atoms with E-state index in [2.05, 4.69) is 15.5 Å². The minimum absolute atomic E-state index is 0.0642. The Labute approximate surface area is 96.8 Å². The Hall–Kier alpha value is -1.50. The second-order valence-electron chi connectivity index (χ2n) is 3.37. The van der Waals surface area contributed by atoms with Crippen molar-refractivity contribution in [3.63, 3.8) is 0 Å². The molecule has 16 heavy (non-hydrogen) atoms. The Kier molecular flexibility index (Phi) is 3.45. The molecule has 0 unspecified atom stereocenters. The number of nitrogens with zero attached hydrogens (tertiary/aromatic N) is 2. The summed E-state index contributed by atoms with van der Waals surface area (Å²) in [5.41, 5.74) is 0. The van der Waals surface area contributed by atoms with Crippen LogP contribution in [0.25, 0.3) is 0 Å². The molecule has 0 bridgehead atoms. The van der Waals surface area contributed by atoms with Crippen LogP contribution >= 0.6 is 11.8 Å². The van der Waals surface area contributed by atoms with Gasteiger partial charge in [0.1, 0.15) is 5.82 Å². The molecule has 2 heterocycles. The summed E-state index contributed by atoms with van der Waals surface area (Å²) >= 11 is 1.30. The highest BCUT2D eigenvalue weighted by Gasteiger charge is 2.21. The molecule has 1 fully saturated rings. The number of carbonyl (C=O) groups excluding carboxylic acids is 2. The molecule has 2 amide bonds. The number of nitrogens with one attached hydrogen (secondary N) is 2. The molecule has 0 spiro atoms. The smallest absolute Gasteiger partial charge is 0.281 e. The molecule has 0 radical (unpaired) electrons. The van der Waals surface area contributed by atoms with Crippen LogP contribution in [0.3, 0.4) is 0 Å². The largest absolute Gasteiger partial charge is 0.332 e. The Morgan fingerprint density at radius 2 is 2.56 bits per heavy atom. The van der Waals surface area contributed by atoms with Gasteiger partial charge in [-0.2, -0.15) is 5.10 Å². The lowest BCUT2D eigenvalue weighted by Crippen LogP contribution is -2.27. The van der Waals surface area contributed by atoms with Gasteiger partial charge in [0.25, 0.3) is 5.24 Å². The van der Waals surface area contributed by atoms with E-state index in [9.17, 15) is 9.59 Å². The number of H-pyrrole nitrogens is 1. The third-order valence-electron chi connectivity index (χ3n) is 2.23. The maximum Gasteiger partial charge on any atom is 0.281 e. The van der Waals surface area contributed by atoms with Gasteiger partial charge in [0.2, 0.25) is 5.91 Å². The van der Waals surface area contributed by atoms with Crippen molar-refractivity contribution in [1.29, 1.82) is 0 Å². The maximum absolute atomic E-state index is 11.5. The predicted octanol–water partition coefficient (Wildman–Crippen LogP) is 0.907. The Balaban J connectivity index is 1.73. The highest BCUT2D eigenvalue weighted by Crippen LogP contribution is 2.17. The van der Waals surface area contributed by atoms with E-state index < -0.39 is 0 Å². The summed E-state index contributed by atoms with van der Waals surface area (Å²) < 4.78 is 0. The highest BCUT2D eigenvalue weighted by atomic mass is 32.2. The van der Waals surface area contributed by atoms with Crippen LogP contribution in [-0.4, -0.2) is 45.1 Å². The summed E-state index contributed by atoms with van der Waals surface area (Å²) in [6, 6.07) is 1.68. The van der Waals surface area contributed by atoms with Gasteiger partial charge in [-0.15, -0.1) is 0 Å². The van der Waals surface area contributed by atoms with Crippen LogP contribution in [0.15, 0.2) is 12.3 Å². The van der Waals surface area contributed by atoms with E-state index >= 15 is 0 Å². The average Bonchev–Trinajstić information content (AvgIpc) is 2.87. The second kappa shape index (κ2) is 5.02. The van der Waals surface area contributed by atoms with Gasteiger partial charge in [-0.1, -0.05) is 11.8 Å². The number of hydrogen-bond donors (Lipinski definition) is 2. The molecule has 1 saturated heterocycles. The zero-order valence-electron chi connectivity index (χ0n) is 8.60. The molecule has 2 N–H and O–H groups in total. The first-order valence-electron chi connectivity index (χ1n) is 4.96. The van der Waals surface area contributed by atoms with Crippen molar-refractivity contribution in [2.24, 2.45) is 0 Å². The van der Waals surface area contributed by atoms with E-state index in [4.69, 9.17) is 0 Å². The van der Waals surface area contributed by atoms with Crippen molar-refractivity contribution in [3.8, 4) is 0 Å². The van der Waals surface area contributed by atoms with Gasteiger partial charge in [0.15, 0.2) is 0 Å². The van der Waals surface area contributed by atoms with Crippen LogP contribution in [0.2, 0.25) is 0 Å². The van der Waals surface area contributed by atoms with Gasteiger partial charge in [-0.25, -0.2) is 0 Å². The molecule has 0 aliphatic carbocycles. The topological polar surface area (TPSA) is 78.1 Å². The minimum atomic E-state index is -0.117. The number of anilines is 1. The second-order valence-corrected chi connectivity index (χ2v) is 4.42. The number of aromatic amines is 1. The van der Waals surface area contributed by atoms with Crippen molar-refractivity contribution in [2.45, 2.75) is 6.42 Å². The number of aromatic nitrogens is 2. The normalized spacial score (nSPS) is 15.5. The number of carbonyl (C=O) groups is 2. The molecule has 1 aliphatic rings. The van der Waals surface area contributed by atoms with E-state index in [1.165, 1.54) is 11.8 Å². The summed E-state index contributed by atoms with van der Waals surface area (Å²) in [5, 5.41) is 9.08. The quantitative estimate of drug-likeness (QED) is 0.820. The lowest BCUT2D eigenvalue weighted by Gasteiger charge is -2.13. The van der Waals surface area contributed by atoms with Crippen LogP contribution in [0.5, 0.6) is 0 Å². The minimum Gasteiger partial charge on any atom is -0.332 e. The molecule has 1 aromatic rings. The van der Waals surface area contributed by atoms with Crippen molar-refractivity contribution in [3.05, 3.63) is 12.3 Å². The van der Waals surface area contributed by atoms with Gasteiger partial charge in [-0.05, 0) is 0 Å². The number of amides is 2. The summed E-state index contributed by atoms with van der Waals surface area (Å²) in [6.45, 7) is 1.21. The third-order valence-corrected chi connectivity index (χ3v) is 3.12. The molecule has 1 aromatic heterocycles. The van der Waals surface area contributed by atoms with E-state index in [-0.39, 0.29) is 11.1 Å². The molecule has 0 atom stereocenters. The molecule has 0 aromatic carbocycles. The van der Waals surface area contributed by atoms with Crippen molar-refractivity contribution >= 4 is 28.7 Å². The van der Waals surface area contributed by atoms with Gasteiger partial charge < -0.3 is 10.2 Å². The van der Waals surface area contributed by atoms with Crippen LogP contribution in [0.1, 0.15) is 6.42 Å². The van der Waals surface area contributed by atoms with Crippen molar-refractivity contribution in [1.82, 2.24) is 15.1 Å². The summed E-state index contributed by atoms with van der Waals surface area (Å²) in [4.78, 5) is 24.4. The van der Waals surface area contributed by atoms with Crippen LogP contribution in [-0.2, 0) is 4.79 Å². The lowest BCUT2D eigenvalue weighted by atomic mass is 10.3. The fourth-order valence-corrected chi connectivity index (χ4v) is 2.25. The molecular formula is C9H12N4O2S. The van der Waals surface area contributed by atoms with Gasteiger partial charge in [-0.3, -0.25) is 14.7 Å². The SMILES string of the molecule is O=C(CCN1CCSC1=O)Nc1ccn[nH]1. The molecule has 6 nitrogen and oxygen atoms in total. The van der Waals surface area contributed by atoms with Gasteiger partial charge in [0, 0.05) is 31.3 Å². The van der Waals surface area contributed by atoms with Crippen LogP contribution < -0.4 is 5.32 Å². The first-order valence-corrected chi connectivity index (χ1v) is 5.95. The fraction of sp³-hybridized carbons (Fsp3) is 0.444. The van der Waals surface area contributed by atoms with E-state index in [0.29, 0.717) is 18.8 Å². The first-order chi connectivity index (χ1) is 7.75. The fourth-order valence-electron chi connectivity index (χ4n) is 1.40. The predicted molar refractivity (Wildman–Crippen MR) is 61.3 cm³/mol. The van der Waals surface area contributed by atoms with Crippen LogP contribution in [0.4, 0.5) is 10.6 Å². The molecule has 7 heteroatoms. The molecule has 86 valence electrons. The summed E-state index contributed by atoms with van der Waals surface area (Å²) in [5.74, 6) is 1.28. The molecule has 0 saturated carbocycles. The Morgan fingerprint density at radius 3 is 3.19 bits per heavy atom. The van der Waals surface area contributed by atoms with Crippen molar-refractivity contribution < 1.29 is 9.59 Å². The zero-order valence-corrected chi connectivity index (χ0v) is 9.42. The molecule has 1 aliphatic heterocycles. The summed E-state index contributed by atoms with van der Waals surface area (Å²) in [7, 11) is 0. The van der Waals surface area contributed by atoms with E-state index in [1.807, 2.05) is 0 Å². The number of thioether (sulfide) groups is 1. The first kappa shape index (κ1) is 11.0. The Morgan fingerprint density at radius 1 is 1.69 bits per heavy atom. The number of rotatable bonds is 4.